The topological polar surface area (TPSA) is 103 Å². The largest absolute Gasteiger partial charge is 0.497 e. The Bertz CT molecular complexity index is 1160. The maximum absolute atomic E-state index is 13.1. The van der Waals surface area contributed by atoms with Crippen molar-refractivity contribution in [3.63, 3.8) is 0 Å². The van der Waals surface area contributed by atoms with Gasteiger partial charge < -0.3 is 24.3 Å². The van der Waals surface area contributed by atoms with E-state index in [1.54, 1.807) is 50.4 Å². The van der Waals surface area contributed by atoms with Gasteiger partial charge >= 0.3 is 0 Å². The molecule has 0 saturated carbocycles. The summed E-state index contributed by atoms with van der Waals surface area (Å²) in [5, 5.41) is 2.62. The molecule has 1 heterocycles. The molecule has 2 aromatic rings. The highest BCUT2D eigenvalue weighted by molar-refractivity contribution is 7.97. The second-order valence-corrected chi connectivity index (χ2v) is 8.84. The third kappa shape index (κ3) is 4.31. The van der Waals surface area contributed by atoms with E-state index >= 15 is 0 Å². The van der Waals surface area contributed by atoms with Crippen molar-refractivity contribution in [2.24, 2.45) is 0 Å². The van der Waals surface area contributed by atoms with Gasteiger partial charge in [0.05, 0.1) is 33.6 Å². The first-order valence-electron chi connectivity index (χ1n) is 9.75. The molecule has 0 spiro atoms. The molecule has 0 saturated heterocycles. The number of nitrogens with zero attached hydrogens (tertiary/aromatic N) is 1. The predicted molar refractivity (Wildman–Crippen MR) is 121 cm³/mol. The smallest absolute Gasteiger partial charge is 0.269 e. The third-order valence-electron chi connectivity index (χ3n) is 5.11. The van der Waals surface area contributed by atoms with Gasteiger partial charge in [-0.3, -0.25) is 9.10 Å². The number of allylic oxidation sites excluding steroid dienone is 1. The van der Waals surface area contributed by atoms with E-state index < -0.39 is 15.9 Å². The number of fused-ring (bicyclic) bond motifs is 1. The summed E-state index contributed by atoms with van der Waals surface area (Å²) in [5.41, 5.74) is 1.29. The van der Waals surface area contributed by atoms with Crippen molar-refractivity contribution in [3.8, 4) is 23.0 Å². The van der Waals surface area contributed by atoms with E-state index in [1.165, 1.54) is 21.3 Å². The van der Waals surface area contributed by atoms with E-state index in [0.717, 1.165) is 4.31 Å². The quantitative estimate of drug-likeness (QED) is 0.601. The van der Waals surface area contributed by atoms with Crippen LogP contribution in [0.5, 0.6) is 23.0 Å². The minimum atomic E-state index is -4.06. The Kier molecular flexibility index (Phi) is 6.83. The van der Waals surface area contributed by atoms with Crippen LogP contribution in [0.3, 0.4) is 0 Å². The van der Waals surface area contributed by atoms with Crippen molar-refractivity contribution in [1.82, 2.24) is 5.32 Å². The van der Waals surface area contributed by atoms with E-state index in [4.69, 9.17) is 18.9 Å². The van der Waals surface area contributed by atoms with Crippen molar-refractivity contribution in [2.75, 3.05) is 45.8 Å². The molecule has 1 aliphatic heterocycles. The fraction of sp³-hybridized carbons (Fsp3) is 0.318. The minimum Gasteiger partial charge on any atom is -0.497 e. The SMILES string of the molecule is COc1cccc(OCCNC(=O)C2=C(C)c3cc(OC)c(OC)cc3N(C)S2(=O)=O)c1. The molecule has 1 amide bonds. The Morgan fingerprint density at radius 3 is 2.31 bits per heavy atom. The summed E-state index contributed by atoms with van der Waals surface area (Å²) in [6.45, 7) is 1.87. The molecule has 3 rings (SSSR count). The maximum atomic E-state index is 13.1. The number of amides is 1. The van der Waals surface area contributed by atoms with E-state index in [0.29, 0.717) is 39.8 Å². The summed E-state index contributed by atoms with van der Waals surface area (Å²) in [6.07, 6.45) is 0. The van der Waals surface area contributed by atoms with E-state index in [1.807, 2.05) is 0 Å². The number of carbonyl (C=O) groups is 1. The summed E-state index contributed by atoms with van der Waals surface area (Å²) in [7, 11) is 1.85. The molecule has 0 radical (unpaired) electrons. The van der Waals surface area contributed by atoms with Crippen molar-refractivity contribution < 1.29 is 32.2 Å². The first kappa shape index (κ1) is 23.3. The molecule has 2 aromatic carbocycles. The van der Waals surface area contributed by atoms with Crippen molar-refractivity contribution in [3.05, 3.63) is 46.9 Å². The zero-order valence-corrected chi connectivity index (χ0v) is 19.4. The van der Waals surface area contributed by atoms with Gasteiger partial charge in [-0.05, 0) is 30.7 Å². The summed E-state index contributed by atoms with van der Waals surface area (Å²) in [4.78, 5) is 12.5. The molecule has 1 N–H and O–H groups in total. The van der Waals surface area contributed by atoms with Gasteiger partial charge in [-0.1, -0.05) is 6.07 Å². The molecule has 1 aliphatic rings. The van der Waals surface area contributed by atoms with E-state index in [2.05, 4.69) is 5.32 Å². The van der Waals surface area contributed by atoms with Crippen LogP contribution in [-0.4, -0.2) is 55.9 Å². The lowest BCUT2D eigenvalue weighted by molar-refractivity contribution is -0.116. The highest BCUT2D eigenvalue weighted by Crippen LogP contribution is 2.44. The summed E-state index contributed by atoms with van der Waals surface area (Å²) in [6, 6.07) is 10.3. The van der Waals surface area contributed by atoms with Crippen LogP contribution >= 0.6 is 0 Å². The fourth-order valence-electron chi connectivity index (χ4n) is 3.40. The molecular formula is C22H26N2O7S. The standard InChI is InChI=1S/C22H26N2O7S/c1-14-17-12-19(29-4)20(30-5)13-18(17)24(2)32(26,27)21(14)22(25)23-9-10-31-16-8-6-7-15(11-16)28-3/h6-8,11-13H,9-10H2,1-5H3,(H,23,25). The number of sulfonamides is 1. The Morgan fingerprint density at radius 2 is 1.66 bits per heavy atom. The van der Waals surface area contributed by atoms with Gasteiger partial charge in [0, 0.05) is 24.7 Å². The lowest BCUT2D eigenvalue weighted by Gasteiger charge is -2.30. The van der Waals surface area contributed by atoms with Gasteiger partial charge in [0.15, 0.2) is 16.4 Å². The zero-order chi connectivity index (χ0) is 23.5. The van der Waals surface area contributed by atoms with Gasteiger partial charge in [0.2, 0.25) is 0 Å². The van der Waals surface area contributed by atoms with Crippen LogP contribution in [0, 0.1) is 0 Å². The molecule has 9 nitrogen and oxygen atoms in total. The van der Waals surface area contributed by atoms with E-state index in [9.17, 15) is 13.2 Å². The van der Waals surface area contributed by atoms with Gasteiger partial charge in [-0.15, -0.1) is 0 Å². The normalized spacial score (nSPS) is 14.5. The Hall–Kier alpha value is -3.40. The van der Waals surface area contributed by atoms with Crippen LogP contribution in [-0.2, 0) is 14.8 Å². The third-order valence-corrected chi connectivity index (χ3v) is 7.03. The van der Waals surface area contributed by atoms with Crippen LogP contribution in [0.25, 0.3) is 5.57 Å². The average Bonchev–Trinajstić information content (AvgIpc) is 2.79. The van der Waals surface area contributed by atoms with Crippen LogP contribution in [0.2, 0.25) is 0 Å². The van der Waals surface area contributed by atoms with Crippen molar-refractivity contribution in [1.29, 1.82) is 0 Å². The second-order valence-electron chi connectivity index (χ2n) is 6.93. The molecule has 0 aliphatic carbocycles. The van der Waals surface area contributed by atoms with Crippen LogP contribution in [0.15, 0.2) is 41.3 Å². The minimum absolute atomic E-state index is 0.116. The average molecular weight is 463 g/mol. The highest BCUT2D eigenvalue weighted by Gasteiger charge is 2.38. The summed E-state index contributed by atoms with van der Waals surface area (Å²) in [5.74, 6) is 1.35. The number of hydrogen-bond acceptors (Lipinski definition) is 7. The molecule has 0 bridgehead atoms. The number of methoxy groups -OCH3 is 3. The first-order chi connectivity index (χ1) is 15.2. The number of hydrogen-bond donors (Lipinski definition) is 1. The molecule has 0 unspecified atom stereocenters. The monoisotopic (exact) mass is 462 g/mol. The second kappa shape index (κ2) is 9.39. The molecule has 32 heavy (non-hydrogen) atoms. The Morgan fingerprint density at radius 1 is 1.00 bits per heavy atom. The molecule has 0 fully saturated rings. The van der Waals surface area contributed by atoms with Gasteiger partial charge in [0.1, 0.15) is 18.1 Å². The summed E-state index contributed by atoms with van der Waals surface area (Å²) >= 11 is 0. The zero-order valence-electron chi connectivity index (χ0n) is 18.6. The van der Waals surface area contributed by atoms with Crippen LogP contribution in [0.4, 0.5) is 5.69 Å². The van der Waals surface area contributed by atoms with Crippen LogP contribution in [0.1, 0.15) is 12.5 Å². The number of nitrogens with one attached hydrogen (secondary N) is 1. The lowest BCUT2D eigenvalue weighted by Crippen LogP contribution is -2.40. The molecular weight excluding hydrogens is 436 g/mol. The van der Waals surface area contributed by atoms with Gasteiger partial charge in [-0.25, -0.2) is 8.42 Å². The Balaban J connectivity index is 1.81. The predicted octanol–water partition coefficient (Wildman–Crippen LogP) is 2.42. The first-order valence-corrected chi connectivity index (χ1v) is 11.2. The number of anilines is 1. The van der Waals surface area contributed by atoms with Crippen molar-refractivity contribution in [2.45, 2.75) is 6.92 Å². The van der Waals surface area contributed by atoms with Gasteiger partial charge in [-0.2, -0.15) is 0 Å². The van der Waals surface area contributed by atoms with Gasteiger partial charge in [0.25, 0.3) is 15.9 Å². The number of ether oxygens (including phenoxy) is 4. The van der Waals surface area contributed by atoms with E-state index in [-0.39, 0.29) is 18.1 Å². The number of rotatable bonds is 8. The maximum Gasteiger partial charge on any atom is 0.269 e. The molecule has 10 heteroatoms. The fourth-order valence-corrected chi connectivity index (χ4v) is 4.89. The highest BCUT2D eigenvalue weighted by atomic mass is 32.2. The van der Waals surface area contributed by atoms with Crippen molar-refractivity contribution >= 4 is 27.2 Å². The molecule has 0 atom stereocenters. The Labute approximate surface area is 187 Å². The number of benzene rings is 2. The molecule has 172 valence electrons. The summed E-state index contributed by atoms with van der Waals surface area (Å²) < 4.78 is 48.6. The lowest BCUT2D eigenvalue weighted by atomic mass is 10.0. The number of carbonyl (C=O) groups excluding carboxylic acids is 1. The van der Waals surface area contributed by atoms with Crippen LogP contribution < -0.4 is 28.6 Å². The molecule has 0 aromatic heterocycles.